The van der Waals surface area contributed by atoms with Crippen molar-refractivity contribution in [1.29, 1.82) is 0 Å². The molecule has 9 heavy (non-hydrogen) atoms. The lowest BCUT2D eigenvalue weighted by atomic mass is 10.4. The van der Waals surface area contributed by atoms with Gasteiger partial charge in [-0.1, -0.05) is 0 Å². The van der Waals surface area contributed by atoms with Crippen LogP contribution in [0, 0.1) is 6.92 Å². The molecular weight excluding hydrogens is 120 g/mol. The smallest absolute Gasteiger partial charge is 0.371 e. The van der Waals surface area contributed by atoms with E-state index in [1.807, 2.05) is 0 Å². The molecule has 0 unspecified atom stereocenters. The van der Waals surface area contributed by atoms with Gasteiger partial charge in [0.05, 0.1) is 0 Å². The van der Waals surface area contributed by atoms with Gasteiger partial charge in [-0.25, -0.2) is 4.79 Å². The first-order chi connectivity index (χ1) is 4.20. The van der Waals surface area contributed by atoms with Crippen molar-refractivity contribution in [3.63, 3.8) is 0 Å². The average Bonchev–Trinajstić information content (AvgIpc) is 2.14. The van der Waals surface area contributed by atoms with E-state index < -0.39 is 5.97 Å². The van der Waals surface area contributed by atoms with Gasteiger partial charge in [-0.3, -0.25) is 0 Å². The highest BCUT2D eigenvalue weighted by Crippen LogP contribution is 2.04. The number of rotatable bonds is 1. The molecule has 0 amide bonds. The van der Waals surface area contributed by atoms with E-state index in [9.17, 15) is 4.79 Å². The van der Waals surface area contributed by atoms with Crippen LogP contribution < -0.4 is 0 Å². The van der Waals surface area contributed by atoms with Crippen LogP contribution in [0.2, 0.25) is 0 Å². The zero-order valence-corrected chi connectivity index (χ0v) is 4.63. The van der Waals surface area contributed by atoms with Gasteiger partial charge in [0.25, 0.3) is 0 Å². The van der Waals surface area contributed by atoms with Gasteiger partial charge in [0, 0.05) is 6.92 Å². The van der Waals surface area contributed by atoms with E-state index >= 15 is 0 Å². The Labute approximate surface area is 51.9 Å². The Morgan fingerprint density at radius 1 is 1.67 bits per heavy atom. The minimum Gasteiger partial charge on any atom is -0.475 e. The van der Waals surface area contributed by atoms with Gasteiger partial charge in [-0.15, -0.1) is 0 Å². The van der Waals surface area contributed by atoms with E-state index in [0.29, 0.717) is 5.76 Å². The van der Waals surface area contributed by atoms with Gasteiger partial charge in [0.1, 0.15) is 5.76 Å². The third kappa shape index (κ3) is 1.10. The summed E-state index contributed by atoms with van der Waals surface area (Å²) in [5.41, 5.74) is 0. The fourth-order valence-corrected chi connectivity index (χ4v) is 0.493. The Morgan fingerprint density at radius 2 is 2.33 bits per heavy atom. The fourth-order valence-electron chi connectivity index (χ4n) is 0.493. The minimum absolute atomic E-state index is 0.0694. The Balaban J connectivity index is 2.98. The first kappa shape index (κ1) is 5.88. The monoisotopic (exact) mass is 125 g/mol. The molecule has 3 nitrogen and oxygen atoms in total. The van der Waals surface area contributed by atoms with Crippen LogP contribution in [0.15, 0.2) is 16.5 Å². The van der Waals surface area contributed by atoms with Crippen LogP contribution in [0.3, 0.4) is 0 Å². The average molecular weight is 125 g/mol. The van der Waals surface area contributed by atoms with Crippen LogP contribution in [0.25, 0.3) is 0 Å². The summed E-state index contributed by atoms with van der Waals surface area (Å²) in [4.78, 5) is 10.1. The molecule has 0 aliphatic carbocycles. The number of carbonyl (C=O) groups is 1. The molecule has 1 radical (unpaired) electrons. The van der Waals surface area contributed by atoms with Crippen molar-refractivity contribution in [2.75, 3.05) is 0 Å². The van der Waals surface area contributed by atoms with Gasteiger partial charge in [0.2, 0.25) is 5.76 Å². The standard InChI is InChI=1S/C6H5O3/c1-4-2-3-5(9-4)6(7)8/h2-3H,1H2,(H,7,8). The molecule has 0 saturated carbocycles. The first-order valence-electron chi connectivity index (χ1n) is 2.35. The molecule has 1 rings (SSSR count). The molecule has 3 heteroatoms. The second-order valence-electron chi connectivity index (χ2n) is 1.57. The SMILES string of the molecule is [CH2]c1ccc(C(=O)O)o1. The van der Waals surface area contributed by atoms with E-state index in [0.717, 1.165) is 0 Å². The fraction of sp³-hybridized carbons (Fsp3) is 0. The summed E-state index contributed by atoms with van der Waals surface area (Å²) in [6.45, 7) is 3.39. The van der Waals surface area contributed by atoms with Crippen LogP contribution >= 0.6 is 0 Å². The van der Waals surface area contributed by atoms with Crippen LogP contribution in [0.5, 0.6) is 0 Å². The maximum atomic E-state index is 10.1. The molecule has 0 saturated heterocycles. The number of aromatic carboxylic acids is 1. The summed E-state index contributed by atoms with van der Waals surface area (Å²) in [6, 6.07) is 2.87. The summed E-state index contributed by atoms with van der Waals surface area (Å²) >= 11 is 0. The molecule has 0 aromatic carbocycles. The summed E-state index contributed by atoms with van der Waals surface area (Å²) < 4.78 is 4.63. The Bertz CT molecular complexity index is 224. The number of furan rings is 1. The number of hydrogen-bond donors (Lipinski definition) is 1. The van der Waals surface area contributed by atoms with Gasteiger partial charge < -0.3 is 9.52 Å². The van der Waals surface area contributed by atoms with Gasteiger partial charge in [-0.2, -0.15) is 0 Å². The Kier molecular flexibility index (Phi) is 1.26. The van der Waals surface area contributed by atoms with Crippen molar-refractivity contribution >= 4 is 5.97 Å². The lowest BCUT2D eigenvalue weighted by Crippen LogP contribution is -1.91. The predicted octanol–water partition coefficient (Wildman–Crippen LogP) is 1.16. The number of carboxylic acid groups (broad SMARTS) is 1. The lowest BCUT2D eigenvalue weighted by Gasteiger charge is -1.82. The third-order valence-electron chi connectivity index (χ3n) is 0.872. The zero-order valence-electron chi connectivity index (χ0n) is 4.63. The van der Waals surface area contributed by atoms with E-state index in [4.69, 9.17) is 5.11 Å². The van der Waals surface area contributed by atoms with Crippen molar-refractivity contribution in [1.82, 2.24) is 0 Å². The van der Waals surface area contributed by atoms with Crippen LogP contribution in [-0.4, -0.2) is 11.1 Å². The minimum atomic E-state index is -1.06. The molecule has 1 heterocycles. The molecule has 0 aliphatic rings. The van der Waals surface area contributed by atoms with Gasteiger partial charge in [0.15, 0.2) is 0 Å². The molecule has 0 spiro atoms. The second-order valence-corrected chi connectivity index (χ2v) is 1.57. The quantitative estimate of drug-likeness (QED) is 0.612. The zero-order chi connectivity index (χ0) is 6.85. The molecule has 0 atom stereocenters. The first-order valence-corrected chi connectivity index (χ1v) is 2.35. The van der Waals surface area contributed by atoms with Crippen LogP contribution in [-0.2, 0) is 0 Å². The van der Waals surface area contributed by atoms with Crippen molar-refractivity contribution < 1.29 is 14.3 Å². The lowest BCUT2D eigenvalue weighted by molar-refractivity contribution is 0.0661. The normalized spacial score (nSPS) is 9.44. The van der Waals surface area contributed by atoms with Crippen molar-refractivity contribution in [2.45, 2.75) is 0 Å². The largest absolute Gasteiger partial charge is 0.475 e. The van der Waals surface area contributed by atoms with Crippen molar-refractivity contribution in [2.24, 2.45) is 0 Å². The topological polar surface area (TPSA) is 50.4 Å². The summed E-state index contributed by atoms with van der Waals surface area (Å²) in [6.07, 6.45) is 0. The molecule has 47 valence electrons. The predicted molar refractivity (Wildman–Crippen MR) is 30.1 cm³/mol. The Hall–Kier alpha value is -1.25. The maximum absolute atomic E-state index is 10.1. The number of carboxylic acids is 1. The van der Waals surface area contributed by atoms with Gasteiger partial charge >= 0.3 is 5.97 Å². The molecule has 1 N–H and O–H groups in total. The van der Waals surface area contributed by atoms with E-state index in [-0.39, 0.29) is 5.76 Å². The highest BCUT2D eigenvalue weighted by molar-refractivity contribution is 5.84. The molecule has 0 bridgehead atoms. The van der Waals surface area contributed by atoms with E-state index in [2.05, 4.69) is 11.3 Å². The van der Waals surface area contributed by atoms with Crippen molar-refractivity contribution in [3.05, 3.63) is 30.6 Å². The van der Waals surface area contributed by atoms with E-state index in [1.165, 1.54) is 12.1 Å². The molecule has 0 aliphatic heterocycles. The van der Waals surface area contributed by atoms with Crippen molar-refractivity contribution in [3.8, 4) is 0 Å². The Morgan fingerprint density at radius 3 is 2.56 bits per heavy atom. The van der Waals surface area contributed by atoms with E-state index in [1.54, 1.807) is 0 Å². The molecular formula is C6H5O3. The molecule has 1 aromatic heterocycles. The van der Waals surface area contributed by atoms with Crippen LogP contribution in [0.1, 0.15) is 16.3 Å². The molecule has 0 fully saturated rings. The highest BCUT2D eigenvalue weighted by Gasteiger charge is 2.04. The summed E-state index contributed by atoms with van der Waals surface area (Å²) in [5.74, 6) is -0.766. The highest BCUT2D eigenvalue weighted by atomic mass is 16.4. The van der Waals surface area contributed by atoms with Gasteiger partial charge in [-0.05, 0) is 12.1 Å². The summed E-state index contributed by atoms with van der Waals surface area (Å²) in [7, 11) is 0. The second kappa shape index (κ2) is 1.93. The summed E-state index contributed by atoms with van der Waals surface area (Å²) in [5, 5.41) is 8.28. The third-order valence-corrected chi connectivity index (χ3v) is 0.872. The molecule has 1 aromatic rings. The van der Waals surface area contributed by atoms with Crippen LogP contribution in [0.4, 0.5) is 0 Å². The number of hydrogen-bond acceptors (Lipinski definition) is 2. The maximum Gasteiger partial charge on any atom is 0.371 e.